The van der Waals surface area contributed by atoms with Crippen LogP contribution in [0.2, 0.25) is 0 Å². The summed E-state index contributed by atoms with van der Waals surface area (Å²) < 4.78 is 1.92. The van der Waals surface area contributed by atoms with Crippen LogP contribution in [0.3, 0.4) is 0 Å². The number of nitrogens with one attached hydrogen (secondary N) is 1. The summed E-state index contributed by atoms with van der Waals surface area (Å²) in [4.78, 5) is 4.58. The number of aryl methyl sites for hydroxylation is 3. The molecule has 0 fully saturated rings. The molecule has 2 heterocycles. The fourth-order valence-corrected chi connectivity index (χ4v) is 3.41. The van der Waals surface area contributed by atoms with Gasteiger partial charge in [0, 0.05) is 36.1 Å². The van der Waals surface area contributed by atoms with E-state index in [1.54, 1.807) is 0 Å². The van der Waals surface area contributed by atoms with Gasteiger partial charge in [0.25, 0.3) is 0 Å². The maximum atomic E-state index is 5.87. The lowest BCUT2D eigenvalue weighted by Crippen LogP contribution is -2.33. The Morgan fingerprint density at radius 2 is 2.25 bits per heavy atom. The molecular formula is C15H21N5. The topological polar surface area (TPSA) is 68.8 Å². The van der Waals surface area contributed by atoms with E-state index in [2.05, 4.69) is 28.5 Å². The first-order valence-corrected chi connectivity index (χ1v) is 7.03. The van der Waals surface area contributed by atoms with Crippen molar-refractivity contribution in [2.24, 2.45) is 12.9 Å². The Balaban J connectivity index is 2.04. The van der Waals surface area contributed by atoms with Gasteiger partial charge < -0.3 is 0 Å². The van der Waals surface area contributed by atoms with Crippen molar-refractivity contribution in [1.82, 2.24) is 20.2 Å². The molecule has 3 N–H and O–H groups in total. The van der Waals surface area contributed by atoms with E-state index < -0.39 is 0 Å². The average molecular weight is 271 g/mol. The number of hydrazine groups is 1. The van der Waals surface area contributed by atoms with Crippen molar-refractivity contribution in [3.63, 3.8) is 0 Å². The van der Waals surface area contributed by atoms with Crippen molar-refractivity contribution < 1.29 is 0 Å². The first-order chi connectivity index (χ1) is 9.63. The Hall–Kier alpha value is -1.72. The Morgan fingerprint density at radius 3 is 2.90 bits per heavy atom. The molecule has 5 nitrogen and oxygen atoms in total. The van der Waals surface area contributed by atoms with E-state index in [0.717, 1.165) is 24.2 Å². The number of fused-ring (bicyclic) bond motifs is 1. The molecule has 3 rings (SSSR count). The summed E-state index contributed by atoms with van der Waals surface area (Å²) in [6.07, 6.45) is 4.02. The summed E-state index contributed by atoms with van der Waals surface area (Å²) in [6, 6.07) is 4.24. The average Bonchev–Trinajstić information content (AvgIpc) is 2.97. The summed E-state index contributed by atoms with van der Waals surface area (Å²) in [6.45, 7) is 4.13. The van der Waals surface area contributed by atoms with Crippen molar-refractivity contribution in [3.05, 3.63) is 46.5 Å². The van der Waals surface area contributed by atoms with Gasteiger partial charge in [-0.25, -0.2) is 0 Å². The van der Waals surface area contributed by atoms with E-state index >= 15 is 0 Å². The van der Waals surface area contributed by atoms with Gasteiger partial charge in [0.15, 0.2) is 0 Å². The normalized spacial score (nSPS) is 19.1. The first kappa shape index (κ1) is 13.3. The number of nitrogens with two attached hydrogens (primary N) is 1. The lowest BCUT2D eigenvalue weighted by atomic mass is 9.90. The van der Waals surface area contributed by atoms with Crippen molar-refractivity contribution in [1.29, 1.82) is 0 Å². The van der Waals surface area contributed by atoms with Gasteiger partial charge in [-0.15, -0.1) is 0 Å². The minimum atomic E-state index is 0.0693. The maximum Gasteiger partial charge on any atom is 0.0644 e. The SMILES string of the molecule is Cc1nn(C)c(C)c1C(NN)C1CCc2cccnc21. The highest BCUT2D eigenvalue weighted by Crippen LogP contribution is 2.41. The van der Waals surface area contributed by atoms with Crippen LogP contribution >= 0.6 is 0 Å². The molecule has 20 heavy (non-hydrogen) atoms. The molecule has 1 aliphatic rings. The Bertz CT molecular complexity index is 631. The zero-order chi connectivity index (χ0) is 14.3. The number of hydrogen-bond acceptors (Lipinski definition) is 4. The van der Waals surface area contributed by atoms with Gasteiger partial charge in [-0.1, -0.05) is 6.07 Å². The van der Waals surface area contributed by atoms with Gasteiger partial charge in [-0.3, -0.25) is 20.9 Å². The Morgan fingerprint density at radius 1 is 1.45 bits per heavy atom. The van der Waals surface area contributed by atoms with Gasteiger partial charge >= 0.3 is 0 Å². The summed E-state index contributed by atoms with van der Waals surface area (Å²) in [5, 5.41) is 4.51. The quantitative estimate of drug-likeness (QED) is 0.658. The molecule has 0 amide bonds. The van der Waals surface area contributed by atoms with Crippen LogP contribution in [0.1, 0.15) is 46.6 Å². The zero-order valence-corrected chi connectivity index (χ0v) is 12.2. The molecular weight excluding hydrogens is 250 g/mol. The molecule has 0 saturated heterocycles. The predicted octanol–water partition coefficient (Wildman–Crippen LogP) is 1.67. The van der Waals surface area contributed by atoms with Gasteiger partial charge in [-0.05, 0) is 38.3 Å². The van der Waals surface area contributed by atoms with E-state index in [0.29, 0.717) is 5.92 Å². The van der Waals surface area contributed by atoms with Crippen molar-refractivity contribution in [2.75, 3.05) is 0 Å². The van der Waals surface area contributed by atoms with E-state index in [4.69, 9.17) is 5.84 Å². The molecule has 0 saturated carbocycles. The Kier molecular flexibility index (Phi) is 3.31. The molecule has 2 atom stereocenters. The van der Waals surface area contributed by atoms with Crippen LogP contribution in [0.4, 0.5) is 0 Å². The number of pyridine rings is 1. The standard InChI is InChI=1S/C15H21N5/c1-9-13(10(2)20(3)19-9)15(18-16)12-7-6-11-5-4-8-17-14(11)12/h4-5,8,12,15,18H,6-7,16H2,1-3H3. The monoisotopic (exact) mass is 271 g/mol. The van der Waals surface area contributed by atoms with Crippen molar-refractivity contribution >= 4 is 0 Å². The fraction of sp³-hybridized carbons (Fsp3) is 0.467. The second-order valence-corrected chi connectivity index (χ2v) is 5.55. The van der Waals surface area contributed by atoms with E-state index in [9.17, 15) is 0 Å². The minimum absolute atomic E-state index is 0.0693. The fourth-order valence-electron chi connectivity index (χ4n) is 3.41. The second kappa shape index (κ2) is 5.00. The van der Waals surface area contributed by atoms with Crippen LogP contribution in [0.15, 0.2) is 18.3 Å². The highest BCUT2D eigenvalue weighted by molar-refractivity contribution is 5.36. The predicted molar refractivity (Wildman–Crippen MR) is 78.0 cm³/mol. The summed E-state index contributed by atoms with van der Waals surface area (Å²) in [7, 11) is 1.97. The van der Waals surface area contributed by atoms with Crippen LogP contribution in [0.25, 0.3) is 0 Å². The highest BCUT2D eigenvalue weighted by atomic mass is 15.3. The highest BCUT2D eigenvalue weighted by Gasteiger charge is 2.34. The molecule has 0 aromatic carbocycles. The smallest absolute Gasteiger partial charge is 0.0644 e. The first-order valence-electron chi connectivity index (χ1n) is 7.03. The number of aromatic nitrogens is 3. The molecule has 2 aromatic heterocycles. The molecule has 0 spiro atoms. The second-order valence-electron chi connectivity index (χ2n) is 5.55. The largest absolute Gasteiger partial charge is 0.272 e. The van der Waals surface area contributed by atoms with Gasteiger partial charge in [0.05, 0.1) is 11.7 Å². The van der Waals surface area contributed by atoms with Crippen LogP contribution in [-0.2, 0) is 13.5 Å². The van der Waals surface area contributed by atoms with E-state index in [1.807, 2.05) is 30.9 Å². The minimum Gasteiger partial charge on any atom is -0.272 e. The molecule has 106 valence electrons. The summed E-state index contributed by atoms with van der Waals surface area (Å²) >= 11 is 0. The van der Waals surface area contributed by atoms with Crippen molar-refractivity contribution in [2.45, 2.75) is 38.6 Å². The molecule has 1 aliphatic carbocycles. The molecule has 0 bridgehead atoms. The van der Waals surface area contributed by atoms with Crippen LogP contribution in [-0.4, -0.2) is 14.8 Å². The molecule has 0 aliphatic heterocycles. The molecule has 0 radical (unpaired) electrons. The summed E-state index contributed by atoms with van der Waals surface area (Å²) in [5.41, 5.74) is 8.93. The lowest BCUT2D eigenvalue weighted by molar-refractivity contribution is 0.443. The summed E-state index contributed by atoms with van der Waals surface area (Å²) in [5.74, 6) is 6.19. The number of nitrogens with zero attached hydrogens (tertiary/aromatic N) is 3. The van der Waals surface area contributed by atoms with E-state index in [1.165, 1.54) is 16.8 Å². The van der Waals surface area contributed by atoms with Crippen LogP contribution in [0.5, 0.6) is 0 Å². The third kappa shape index (κ3) is 1.94. The van der Waals surface area contributed by atoms with Crippen molar-refractivity contribution in [3.8, 4) is 0 Å². The van der Waals surface area contributed by atoms with Gasteiger partial charge in [0.1, 0.15) is 0 Å². The number of hydrogen-bond donors (Lipinski definition) is 2. The zero-order valence-electron chi connectivity index (χ0n) is 12.2. The molecule has 5 heteroatoms. The molecule has 2 unspecified atom stereocenters. The molecule has 2 aromatic rings. The maximum absolute atomic E-state index is 5.87. The van der Waals surface area contributed by atoms with E-state index in [-0.39, 0.29) is 6.04 Å². The lowest BCUT2D eigenvalue weighted by Gasteiger charge is -2.23. The Labute approximate surface area is 119 Å². The van der Waals surface area contributed by atoms with Crippen LogP contribution in [0, 0.1) is 13.8 Å². The third-order valence-corrected chi connectivity index (χ3v) is 4.46. The van der Waals surface area contributed by atoms with Gasteiger partial charge in [-0.2, -0.15) is 5.10 Å². The third-order valence-electron chi connectivity index (χ3n) is 4.46. The van der Waals surface area contributed by atoms with Crippen LogP contribution < -0.4 is 11.3 Å². The van der Waals surface area contributed by atoms with Gasteiger partial charge in [0.2, 0.25) is 0 Å². The number of rotatable bonds is 3.